The van der Waals surface area contributed by atoms with Crippen molar-refractivity contribution >= 4 is 43.7 Å². The van der Waals surface area contributed by atoms with E-state index in [0.29, 0.717) is 0 Å². The summed E-state index contributed by atoms with van der Waals surface area (Å²) in [6.45, 7) is 0. The predicted octanol–water partition coefficient (Wildman–Crippen LogP) is 16.5. The Morgan fingerprint density at radius 1 is 0.333 bits per heavy atom. The molecule has 13 rings (SSSR count). The fourth-order valence-electron chi connectivity index (χ4n) is 10.4. The third kappa shape index (κ3) is 5.65. The van der Waals surface area contributed by atoms with Crippen molar-refractivity contribution in [3.05, 3.63) is 247 Å². The van der Waals surface area contributed by atoms with Crippen LogP contribution in [0.2, 0.25) is 0 Å². The van der Waals surface area contributed by atoms with E-state index in [1.54, 1.807) is 0 Å². The van der Waals surface area contributed by atoms with Gasteiger partial charge in [-0.15, -0.1) is 0 Å². The van der Waals surface area contributed by atoms with Crippen molar-refractivity contribution in [2.45, 2.75) is 5.92 Å². The van der Waals surface area contributed by atoms with Gasteiger partial charge in [0.05, 0.1) is 11.0 Å². The first-order valence-corrected chi connectivity index (χ1v) is 21.8. The van der Waals surface area contributed by atoms with Crippen LogP contribution in [0.5, 0.6) is 0 Å². The van der Waals surface area contributed by atoms with Crippen LogP contribution in [0.4, 0.5) is 0 Å². The van der Waals surface area contributed by atoms with Crippen molar-refractivity contribution < 1.29 is 4.42 Å². The van der Waals surface area contributed by atoms with Crippen LogP contribution in [0.15, 0.2) is 235 Å². The molecule has 0 fully saturated rings. The maximum atomic E-state index is 7.03. The Labute approximate surface area is 365 Å². The monoisotopic (exact) mass is 801 g/mol. The molecule has 12 aromatic rings. The van der Waals surface area contributed by atoms with Gasteiger partial charge in [-0.2, -0.15) is 0 Å². The molecule has 0 bridgehead atoms. The second-order valence-corrected chi connectivity index (χ2v) is 16.8. The first kappa shape index (κ1) is 35.5. The van der Waals surface area contributed by atoms with Crippen LogP contribution in [-0.2, 0) is 0 Å². The summed E-state index contributed by atoms with van der Waals surface area (Å²) < 4.78 is 9.49. The van der Waals surface area contributed by atoms with Crippen molar-refractivity contribution in [1.29, 1.82) is 0 Å². The second kappa shape index (κ2) is 14.2. The van der Waals surface area contributed by atoms with Crippen molar-refractivity contribution in [2.75, 3.05) is 0 Å². The van der Waals surface area contributed by atoms with Gasteiger partial charge < -0.3 is 8.98 Å². The highest BCUT2D eigenvalue weighted by Crippen LogP contribution is 2.54. The number of hydrogen-bond acceptors (Lipinski definition) is 1. The summed E-state index contributed by atoms with van der Waals surface area (Å²) >= 11 is 0. The minimum absolute atomic E-state index is 0.0137. The zero-order chi connectivity index (χ0) is 41.4. The van der Waals surface area contributed by atoms with E-state index in [1.165, 1.54) is 83.0 Å². The fraction of sp³-hybridized carbons (Fsp3) is 0.0164. The van der Waals surface area contributed by atoms with Crippen LogP contribution in [0.3, 0.4) is 0 Å². The molecule has 63 heavy (non-hydrogen) atoms. The summed E-state index contributed by atoms with van der Waals surface area (Å²) in [7, 11) is 0. The summed E-state index contributed by atoms with van der Waals surface area (Å²) in [5.74, 6) is 0.0137. The Morgan fingerprint density at radius 3 is 1.57 bits per heavy atom. The van der Waals surface area contributed by atoms with Crippen LogP contribution < -0.4 is 0 Å². The zero-order valence-corrected chi connectivity index (χ0v) is 34.4. The number of benzene rings is 10. The van der Waals surface area contributed by atoms with Crippen LogP contribution >= 0.6 is 0 Å². The van der Waals surface area contributed by atoms with Gasteiger partial charge in [-0.25, -0.2) is 0 Å². The molecule has 2 heteroatoms. The van der Waals surface area contributed by atoms with Gasteiger partial charge in [-0.1, -0.05) is 182 Å². The summed E-state index contributed by atoms with van der Waals surface area (Å²) in [5, 5.41) is 4.80. The van der Waals surface area contributed by atoms with Crippen molar-refractivity contribution in [3.63, 3.8) is 0 Å². The molecular weight excluding hydrogens is 763 g/mol. The SMILES string of the molecule is c1ccc(-c2cccc(-c3cccc(-c4cccc(-c5ccc6c(c5)oc5c(C7c8ccccc8-c8c7ccc7c9ccccc9n(-c9ccccc9)c87)cccc56)c4)c3)c2)cc1. The standard InChI is InChI=1S/C61H39NO/c1-3-15-39(16-4-1)40-17-11-18-41(35-40)42-19-12-20-43(36-42)44-21-13-22-45(37-44)46-31-32-49-53-28-14-29-55(61(53)63-57(49)38-46)58-50-26-7-8-27-51(50)59-54(58)34-33-52-48-25-9-10-30-56(48)62(60(52)59)47-23-5-2-6-24-47/h1-38,58H. The summed E-state index contributed by atoms with van der Waals surface area (Å²) in [5.41, 5.74) is 21.4. The highest BCUT2D eigenvalue weighted by Gasteiger charge is 2.35. The van der Waals surface area contributed by atoms with Gasteiger partial charge in [0.25, 0.3) is 0 Å². The number of hydrogen-bond donors (Lipinski definition) is 0. The summed E-state index contributed by atoms with van der Waals surface area (Å²) in [6, 6.07) is 83.8. The van der Waals surface area contributed by atoms with Crippen LogP contribution in [-0.4, -0.2) is 4.57 Å². The lowest BCUT2D eigenvalue weighted by atomic mass is 9.88. The number of rotatable bonds is 6. The molecule has 1 aliphatic rings. The maximum absolute atomic E-state index is 7.03. The topological polar surface area (TPSA) is 18.1 Å². The Bertz CT molecular complexity index is 3740. The average Bonchev–Trinajstić information content (AvgIpc) is 4.02. The Kier molecular flexibility index (Phi) is 8.01. The van der Waals surface area contributed by atoms with Crippen molar-refractivity contribution in [2.24, 2.45) is 0 Å². The third-order valence-electron chi connectivity index (χ3n) is 13.3. The molecule has 0 saturated carbocycles. The van der Waals surface area contributed by atoms with Gasteiger partial charge in [0, 0.05) is 44.3 Å². The van der Waals surface area contributed by atoms with Gasteiger partial charge in [0.15, 0.2) is 0 Å². The van der Waals surface area contributed by atoms with E-state index in [9.17, 15) is 0 Å². The van der Waals surface area contributed by atoms with E-state index in [-0.39, 0.29) is 5.92 Å². The number of aromatic nitrogens is 1. The molecule has 2 nitrogen and oxygen atoms in total. The van der Waals surface area contributed by atoms with E-state index >= 15 is 0 Å². The molecule has 294 valence electrons. The molecule has 0 amide bonds. The Morgan fingerprint density at radius 2 is 0.857 bits per heavy atom. The van der Waals surface area contributed by atoms with E-state index in [1.807, 2.05) is 0 Å². The molecule has 1 aliphatic carbocycles. The smallest absolute Gasteiger partial charge is 0.139 e. The van der Waals surface area contributed by atoms with Gasteiger partial charge in [0.1, 0.15) is 11.2 Å². The Hall–Kier alpha value is -8.20. The summed E-state index contributed by atoms with van der Waals surface area (Å²) in [6.07, 6.45) is 0. The van der Waals surface area contributed by atoms with E-state index < -0.39 is 0 Å². The van der Waals surface area contributed by atoms with E-state index in [4.69, 9.17) is 4.42 Å². The Balaban J connectivity index is 0.906. The highest BCUT2D eigenvalue weighted by molar-refractivity contribution is 6.16. The van der Waals surface area contributed by atoms with Crippen LogP contribution in [0, 0.1) is 0 Å². The molecular formula is C61H39NO. The maximum Gasteiger partial charge on any atom is 0.139 e. The minimum Gasteiger partial charge on any atom is -0.456 e. The van der Waals surface area contributed by atoms with E-state index in [0.717, 1.165) is 38.8 Å². The molecule has 0 N–H and O–H groups in total. The fourth-order valence-corrected chi connectivity index (χ4v) is 10.4. The van der Waals surface area contributed by atoms with Crippen LogP contribution in [0.25, 0.3) is 105 Å². The largest absolute Gasteiger partial charge is 0.456 e. The van der Waals surface area contributed by atoms with Crippen molar-refractivity contribution in [3.8, 4) is 61.3 Å². The lowest BCUT2D eigenvalue weighted by molar-refractivity contribution is 0.662. The molecule has 10 aromatic carbocycles. The molecule has 1 unspecified atom stereocenters. The van der Waals surface area contributed by atoms with Gasteiger partial charge >= 0.3 is 0 Å². The normalized spacial score (nSPS) is 13.2. The molecule has 0 spiro atoms. The van der Waals surface area contributed by atoms with Crippen molar-refractivity contribution in [1.82, 2.24) is 4.57 Å². The van der Waals surface area contributed by atoms with Gasteiger partial charge in [-0.05, 0) is 110 Å². The quantitative estimate of drug-likeness (QED) is 0.164. The molecule has 2 aromatic heterocycles. The number of fused-ring (bicyclic) bond motifs is 10. The first-order chi connectivity index (χ1) is 31.2. The van der Waals surface area contributed by atoms with Crippen LogP contribution in [0.1, 0.15) is 22.6 Å². The average molecular weight is 802 g/mol. The van der Waals surface area contributed by atoms with Gasteiger partial charge in [0.2, 0.25) is 0 Å². The zero-order valence-electron chi connectivity index (χ0n) is 34.4. The lowest BCUT2D eigenvalue weighted by Gasteiger charge is -2.15. The molecule has 0 aliphatic heterocycles. The second-order valence-electron chi connectivity index (χ2n) is 16.8. The molecule has 2 heterocycles. The third-order valence-corrected chi connectivity index (χ3v) is 13.3. The minimum atomic E-state index is 0.0137. The predicted molar refractivity (Wildman–Crippen MR) is 263 cm³/mol. The molecule has 0 radical (unpaired) electrons. The lowest BCUT2D eigenvalue weighted by Crippen LogP contribution is -2.00. The number of nitrogens with zero attached hydrogens (tertiary/aromatic N) is 1. The number of para-hydroxylation sites is 3. The van der Waals surface area contributed by atoms with Gasteiger partial charge in [-0.3, -0.25) is 0 Å². The summed E-state index contributed by atoms with van der Waals surface area (Å²) in [4.78, 5) is 0. The molecule has 1 atom stereocenters. The van der Waals surface area contributed by atoms with E-state index in [2.05, 4.69) is 235 Å². The number of furan rings is 1. The highest BCUT2D eigenvalue weighted by atomic mass is 16.3. The molecule has 0 saturated heterocycles. The first-order valence-electron chi connectivity index (χ1n) is 21.8.